The highest BCUT2D eigenvalue weighted by Gasteiger charge is 2.21. The first-order valence-electron chi connectivity index (χ1n) is 7.49. The van der Waals surface area contributed by atoms with Gasteiger partial charge in [-0.1, -0.05) is 0 Å². The molecular weight excluding hydrogens is 274 g/mol. The Balaban J connectivity index is 2.41. The summed E-state index contributed by atoms with van der Waals surface area (Å²) < 4.78 is 5.29. The molecule has 2 N–H and O–H groups in total. The number of nitrogens with zero attached hydrogens (tertiary/aromatic N) is 2. The smallest absolute Gasteiger partial charge is 0.317 e. The van der Waals surface area contributed by atoms with E-state index in [9.17, 15) is 9.59 Å². The molecule has 7 nitrogen and oxygen atoms in total. The Hall–Kier alpha value is -1.34. The van der Waals surface area contributed by atoms with E-state index in [2.05, 4.69) is 10.2 Å². The number of nitrogens with one attached hydrogen (secondary N) is 1. The summed E-state index contributed by atoms with van der Waals surface area (Å²) in [6.07, 6.45) is -0.0382. The number of rotatable bonds is 7. The molecule has 7 heteroatoms. The first-order valence-corrected chi connectivity index (χ1v) is 7.49. The summed E-state index contributed by atoms with van der Waals surface area (Å²) in [7, 11) is 0. The Labute approximate surface area is 126 Å². The third-order valence-corrected chi connectivity index (χ3v) is 3.46. The molecule has 0 spiro atoms. The number of carbonyl (C=O) groups is 2. The number of morpholine rings is 1. The van der Waals surface area contributed by atoms with Crippen molar-refractivity contribution < 1.29 is 19.4 Å². The molecule has 0 aliphatic carbocycles. The number of hydrogen-bond donors (Lipinski definition) is 2. The molecule has 0 radical (unpaired) electrons. The second-order valence-electron chi connectivity index (χ2n) is 5.69. The summed E-state index contributed by atoms with van der Waals surface area (Å²) in [6.45, 7) is 9.96. The van der Waals surface area contributed by atoms with Gasteiger partial charge >= 0.3 is 12.0 Å². The highest BCUT2D eigenvalue weighted by Crippen LogP contribution is 2.03. The van der Waals surface area contributed by atoms with Crippen LogP contribution in [0.3, 0.4) is 0 Å². The van der Waals surface area contributed by atoms with E-state index in [1.54, 1.807) is 4.90 Å². The summed E-state index contributed by atoms with van der Waals surface area (Å²) in [5, 5.41) is 11.7. The Morgan fingerprint density at radius 3 is 2.43 bits per heavy atom. The lowest BCUT2D eigenvalue weighted by atomic mass is 10.2. The SMILES string of the molecule is CC(CN1CCOCC1)NC(=O)N(CCC(=O)O)C(C)C. The van der Waals surface area contributed by atoms with Crippen molar-refractivity contribution in [3.05, 3.63) is 0 Å². The summed E-state index contributed by atoms with van der Waals surface area (Å²) in [4.78, 5) is 26.7. The molecule has 1 atom stereocenters. The van der Waals surface area contributed by atoms with Gasteiger partial charge in [-0.2, -0.15) is 0 Å². The van der Waals surface area contributed by atoms with E-state index in [0.29, 0.717) is 0 Å². The number of urea groups is 1. The fourth-order valence-electron chi connectivity index (χ4n) is 2.32. The summed E-state index contributed by atoms with van der Waals surface area (Å²) in [5.41, 5.74) is 0. The van der Waals surface area contributed by atoms with Gasteiger partial charge in [0.1, 0.15) is 0 Å². The van der Waals surface area contributed by atoms with E-state index in [1.165, 1.54) is 0 Å². The van der Waals surface area contributed by atoms with Crippen LogP contribution >= 0.6 is 0 Å². The van der Waals surface area contributed by atoms with Crippen LogP contribution in [0.5, 0.6) is 0 Å². The molecule has 122 valence electrons. The number of carbonyl (C=O) groups excluding carboxylic acids is 1. The molecular formula is C14H27N3O4. The van der Waals surface area contributed by atoms with Crippen molar-refractivity contribution in [3.63, 3.8) is 0 Å². The van der Waals surface area contributed by atoms with E-state index >= 15 is 0 Å². The molecule has 0 bridgehead atoms. The number of carboxylic acids is 1. The van der Waals surface area contributed by atoms with Crippen LogP contribution in [0.4, 0.5) is 4.79 Å². The first-order chi connectivity index (χ1) is 9.90. The average Bonchev–Trinajstić information content (AvgIpc) is 2.38. The molecule has 1 fully saturated rings. The summed E-state index contributed by atoms with van der Waals surface area (Å²) in [5.74, 6) is -0.894. The third kappa shape index (κ3) is 6.77. The zero-order valence-corrected chi connectivity index (χ0v) is 13.2. The molecule has 1 heterocycles. The predicted molar refractivity (Wildman–Crippen MR) is 79.3 cm³/mol. The molecule has 1 saturated heterocycles. The fourth-order valence-corrected chi connectivity index (χ4v) is 2.32. The van der Waals surface area contributed by atoms with Gasteiger partial charge in [0, 0.05) is 38.3 Å². The van der Waals surface area contributed by atoms with Gasteiger partial charge in [-0.15, -0.1) is 0 Å². The molecule has 0 aromatic rings. The molecule has 0 aromatic carbocycles. The highest BCUT2D eigenvalue weighted by molar-refractivity contribution is 5.75. The van der Waals surface area contributed by atoms with Gasteiger partial charge in [0.25, 0.3) is 0 Å². The van der Waals surface area contributed by atoms with E-state index in [4.69, 9.17) is 9.84 Å². The van der Waals surface area contributed by atoms with Gasteiger partial charge in [-0.25, -0.2) is 4.79 Å². The minimum atomic E-state index is -0.894. The average molecular weight is 301 g/mol. The van der Waals surface area contributed by atoms with Crippen molar-refractivity contribution in [1.82, 2.24) is 15.1 Å². The van der Waals surface area contributed by atoms with Crippen molar-refractivity contribution in [1.29, 1.82) is 0 Å². The predicted octanol–water partition coefficient (Wildman–Crippen LogP) is 0.602. The normalized spacial score (nSPS) is 17.5. The zero-order chi connectivity index (χ0) is 15.8. The van der Waals surface area contributed by atoms with Gasteiger partial charge in [0.2, 0.25) is 0 Å². The van der Waals surface area contributed by atoms with Gasteiger partial charge in [-0.05, 0) is 20.8 Å². The van der Waals surface area contributed by atoms with Gasteiger partial charge in [-0.3, -0.25) is 9.69 Å². The van der Waals surface area contributed by atoms with E-state index in [-0.39, 0.29) is 31.1 Å². The lowest BCUT2D eigenvalue weighted by Gasteiger charge is -2.32. The summed E-state index contributed by atoms with van der Waals surface area (Å²) >= 11 is 0. The van der Waals surface area contributed by atoms with Gasteiger partial charge < -0.3 is 20.1 Å². The van der Waals surface area contributed by atoms with Crippen molar-refractivity contribution in [2.75, 3.05) is 39.4 Å². The molecule has 0 aromatic heterocycles. The van der Waals surface area contributed by atoms with E-state index in [0.717, 1.165) is 32.8 Å². The van der Waals surface area contributed by atoms with Crippen LogP contribution in [0.1, 0.15) is 27.2 Å². The standard InChI is InChI=1S/C14H27N3O4/c1-11(2)17(5-4-13(18)19)14(20)15-12(3)10-16-6-8-21-9-7-16/h11-12H,4-10H2,1-3H3,(H,15,20)(H,18,19). The van der Waals surface area contributed by atoms with Gasteiger partial charge in [0.05, 0.1) is 19.6 Å². The largest absolute Gasteiger partial charge is 0.481 e. The Kier molecular flexibility index (Phi) is 7.45. The van der Waals surface area contributed by atoms with Crippen molar-refractivity contribution in [3.8, 4) is 0 Å². The van der Waals surface area contributed by atoms with Crippen LogP contribution in [0.15, 0.2) is 0 Å². The Morgan fingerprint density at radius 2 is 1.90 bits per heavy atom. The van der Waals surface area contributed by atoms with Crippen LogP contribution in [-0.4, -0.2) is 78.4 Å². The molecule has 1 aliphatic rings. The zero-order valence-electron chi connectivity index (χ0n) is 13.2. The quantitative estimate of drug-likeness (QED) is 0.719. The number of amides is 2. The minimum absolute atomic E-state index is 0.0154. The first kappa shape index (κ1) is 17.7. The molecule has 1 unspecified atom stereocenters. The van der Waals surface area contributed by atoms with Crippen LogP contribution in [-0.2, 0) is 9.53 Å². The fraction of sp³-hybridized carbons (Fsp3) is 0.857. The maximum absolute atomic E-state index is 12.2. The molecule has 1 aliphatic heterocycles. The lowest BCUT2D eigenvalue weighted by Crippen LogP contribution is -2.51. The maximum Gasteiger partial charge on any atom is 0.317 e. The highest BCUT2D eigenvalue weighted by atomic mass is 16.5. The minimum Gasteiger partial charge on any atom is -0.481 e. The van der Waals surface area contributed by atoms with Crippen LogP contribution in [0, 0.1) is 0 Å². The second kappa shape index (κ2) is 8.84. The molecule has 1 rings (SSSR count). The van der Waals surface area contributed by atoms with Crippen LogP contribution in [0.2, 0.25) is 0 Å². The third-order valence-electron chi connectivity index (χ3n) is 3.46. The van der Waals surface area contributed by atoms with Crippen molar-refractivity contribution in [2.24, 2.45) is 0 Å². The van der Waals surface area contributed by atoms with Crippen LogP contribution in [0.25, 0.3) is 0 Å². The lowest BCUT2D eigenvalue weighted by molar-refractivity contribution is -0.137. The van der Waals surface area contributed by atoms with Crippen molar-refractivity contribution >= 4 is 12.0 Å². The van der Waals surface area contributed by atoms with Crippen LogP contribution < -0.4 is 5.32 Å². The number of aliphatic carboxylic acids is 1. The number of ether oxygens (including phenoxy) is 1. The van der Waals surface area contributed by atoms with Gasteiger partial charge in [0.15, 0.2) is 0 Å². The Morgan fingerprint density at radius 1 is 1.29 bits per heavy atom. The number of hydrogen-bond acceptors (Lipinski definition) is 4. The molecule has 0 saturated carbocycles. The monoisotopic (exact) mass is 301 g/mol. The topological polar surface area (TPSA) is 82.1 Å². The van der Waals surface area contributed by atoms with E-state index in [1.807, 2.05) is 20.8 Å². The van der Waals surface area contributed by atoms with Crippen molar-refractivity contribution in [2.45, 2.75) is 39.3 Å². The molecule has 21 heavy (non-hydrogen) atoms. The maximum atomic E-state index is 12.2. The summed E-state index contributed by atoms with van der Waals surface area (Å²) in [6, 6.07) is -0.214. The number of carboxylic acid groups (broad SMARTS) is 1. The second-order valence-corrected chi connectivity index (χ2v) is 5.69. The Bertz CT molecular complexity index is 343. The molecule has 2 amide bonds. The van der Waals surface area contributed by atoms with E-state index < -0.39 is 5.97 Å².